The predicted octanol–water partition coefficient (Wildman–Crippen LogP) is 3.94. The quantitative estimate of drug-likeness (QED) is 0.860. The maximum Gasteiger partial charge on any atom is 0.241 e. The number of nitrogens with two attached hydrogens (primary N) is 1. The molecule has 2 rings (SSSR count). The number of methoxy groups -OCH3 is 1. The number of nitrogens with one attached hydrogen (secondary N) is 1. The van der Waals surface area contributed by atoms with Crippen molar-refractivity contribution in [2.45, 2.75) is 26.8 Å². The third-order valence-electron chi connectivity index (χ3n) is 3.70. The molecule has 0 unspecified atom stereocenters. The topological polar surface area (TPSA) is 73.6 Å². The molecule has 3 N–H and O–H groups in total. The molecule has 0 fully saturated rings. The van der Waals surface area contributed by atoms with Crippen LogP contribution < -0.4 is 20.5 Å². The highest BCUT2D eigenvalue weighted by molar-refractivity contribution is 5.95. The first-order chi connectivity index (χ1) is 11.7. The molecule has 0 aliphatic rings. The minimum atomic E-state index is -0.708. The van der Waals surface area contributed by atoms with Gasteiger partial charge >= 0.3 is 0 Å². The van der Waals surface area contributed by atoms with E-state index in [4.69, 9.17) is 15.2 Å². The van der Waals surface area contributed by atoms with E-state index in [0.717, 1.165) is 0 Å². The molecule has 6 heteroatoms. The Hall–Kier alpha value is -2.60. The lowest BCUT2D eigenvalue weighted by atomic mass is 9.87. The van der Waals surface area contributed by atoms with Crippen LogP contribution in [-0.4, -0.2) is 19.1 Å². The third kappa shape index (κ3) is 4.70. The lowest BCUT2D eigenvalue weighted by Gasteiger charge is -2.25. The highest BCUT2D eigenvalue weighted by atomic mass is 19.1. The maximum atomic E-state index is 14.3. The molecule has 25 heavy (non-hydrogen) atoms. The molecule has 0 aliphatic carbocycles. The number of ether oxygens (including phenoxy) is 2. The van der Waals surface area contributed by atoms with Gasteiger partial charge in [-0.15, -0.1) is 0 Å². The van der Waals surface area contributed by atoms with Gasteiger partial charge in [-0.05, 0) is 29.7 Å². The summed E-state index contributed by atoms with van der Waals surface area (Å²) < 4.78 is 25.0. The van der Waals surface area contributed by atoms with Gasteiger partial charge in [-0.2, -0.15) is 0 Å². The van der Waals surface area contributed by atoms with Crippen LogP contribution >= 0.6 is 0 Å². The molecule has 0 saturated heterocycles. The van der Waals surface area contributed by atoms with Crippen LogP contribution in [0.15, 0.2) is 42.5 Å². The van der Waals surface area contributed by atoms with Gasteiger partial charge in [-0.1, -0.05) is 32.9 Å². The number of anilines is 1. The van der Waals surface area contributed by atoms with E-state index in [9.17, 15) is 9.18 Å². The Kier molecular flexibility index (Phi) is 5.64. The van der Waals surface area contributed by atoms with Crippen molar-refractivity contribution < 1.29 is 18.7 Å². The molecule has 0 aliphatic heterocycles. The summed E-state index contributed by atoms with van der Waals surface area (Å²) in [5.41, 5.74) is 5.82. The van der Waals surface area contributed by atoms with Crippen LogP contribution in [0.4, 0.5) is 10.1 Å². The number of amides is 1. The molecule has 1 atom stereocenters. The summed E-state index contributed by atoms with van der Waals surface area (Å²) in [6.45, 7) is 5.59. The van der Waals surface area contributed by atoms with Crippen LogP contribution in [0, 0.1) is 11.2 Å². The average Bonchev–Trinajstić information content (AvgIpc) is 2.56. The first-order valence-electron chi connectivity index (χ1n) is 7.89. The summed E-state index contributed by atoms with van der Waals surface area (Å²) >= 11 is 0. The van der Waals surface area contributed by atoms with Crippen molar-refractivity contribution in [1.29, 1.82) is 0 Å². The number of carbonyl (C=O) groups is 1. The van der Waals surface area contributed by atoms with Crippen LogP contribution in [0.2, 0.25) is 0 Å². The fraction of sp³-hybridized carbons (Fsp3) is 0.316. The molecule has 2 aromatic rings. The van der Waals surface area contributed by atoms with Gasteiger partial charge in [0.2, 0.25) is 5.91 Å². The Morgan fingerprint density at radius 1 is 1.12 bits per heavy atom. The number of hydrogen-bond acceptors (Lipinski definition) is 4. The number of rotatable bonds is 5. The summed E-state index contributed by atoms with van der Waals surface area (Å²) in [5, 5.41) is 2.62. The number of carbonyl (C=O) groups excluding carboxylic acids is 1. The van der Waals surface area contributed by atoms with Crippen LogP contribution in [0.3, 0.4) is 0 Å². The lowest BCUT2D eigenvalue weighted by molar-refractivity contribution is -0.119. The van der Waals surface area contributed by atoms with E-state index in [1.54, 1.807) is 30.3 Å². The normalized spacial score (nSPS) is 12.4. The SMILES string of the molecule is COc1ccccc1Oc1ccc(NC(=O)[C@@H](N)C(C)(C)C)cc1F. The number of para-hydroxylation sites is 2. The summed E-state index contributed by atoms with van der Waals surface area (Å²) in [6, 6.07) is 10.4. The van der Waals surface area contributed by atoms with Crippen LogP contribution in [0.25, 0.3) is 0 Å². The Morgan fingerprint density at radius 3 is 2.32 bits per heavy atom. The molecule has 5 nitrogen and oxygen atoms in total. The molecular formula is C19H23FN2O3. The van der Waals surface area contributed by atoms with Gasteiger partial charge in [-0.25, -0.2) is 4.39 Å². The van der Waals surface area contributed by atoms with Crippen molar-refractivity contribution in [3.05, 3.63) is 48.3 Å². The standard InChI is InChI=1S/C19H23FN2O3/c1-19(2,3)17(21)18(23)22-12-9-10-14(13(20)11-12)25-16-8-6-5-7-15(16)24-4/h5-11,17H,21H2,1-4H3,(H,22,23)/t17-/m1/s1. The van der Waals surface area contributed by atoms with E-state index in [1.165, 1.54) is 19.2 Å². The van der Waals surface area contributed by atoms with Crippen molar-refractivity contribution >= 4 is 11.6 Å². The van der Waals surface area contributed by atoms with Gasteiger partial charge in [0.05, 0.1) is 13.2 Å². The molecular weight excluding hydrogens is 323 g/mol. The highest BCUT2D eigenvalue weighted by Crippen LogP contribution is 2.33. The van der Waals surface area contributed by atoms with E-state index in [0.29, 0.717) is 17.2 Å². The summed E-state index contributed by atoms with van der Waals surface area (Å²) in [6.07, 6.45) is 0. The number of hydrogen-bond donors (Lipinski definition) is 2. The van der Waals surface area contributed by atoms with E-state index in [1.807, 2.05) is 20.8 Å². The van der Waals surface area contributed by atoms with Crippen molar-refractivity contribution in [2.24, 2.45) is 11.1 Å². The fourth-order valence-electron chi connectivity index (χ4n) is 2.10. The summed E-state index contributed by atoms with van der Waals surface area (Å²) in [4.78, 5) is 12.1. The molecule has 134 valence electrons. The van der Waals surface area contributed by atoms with E-state index >= 15 is 0 Å². The van der Waals surface area contributed by atoms with Gasteiger partial charge in [-0.3, -0.25) is 4.79 Å². The van der Waals surface area contributed by atoms with Crippen molar-refractivity contribution in [3.63, 3.8) is 0 Å². The van der Waals surface area contributed by atoms with Gasteiger partial charge < -0.3 is 20.5 Å². The second kappa shape index (κ2) is 7.53. The Balaban J connectivity index is 2.14. The molecule has 1 amide bonds. The molecule has 0 radical (unpaired) electrons. The first-order valence-corrected chi connectivity index (χ1v) is 7.89. The van der Waals surface area contributed by atoms with E-state index in [-0.39, 0.29) is 11.7 Å². The summed E-state index contributed by atoms with van der Waals surface area (Å²) in [7, 11) is 1.51. The molecule has 0 bridgehead atoms. The Bertz CT molecular complexity index is 757. The molecule has 0 heterocycles. The van der Waals surface area contributed by atoms with Crippen molar-refractivity contribution in [3.8, 4) is 17.2 Å². The number of halogens is 1. The second-order valence-electron chi connectivity index (χ2n) is 6.73. The zero-order chi connectivity index (χ0) is 18.6. The van der Waals surface area contributed by atoms with E-state index in [2.05, 4.69) is 5.32 Å². The maximum absolute atomic E-state index is 14.3. The first kappa shape index (κ1) is 18.7. The van der Waals surface area contributed by atoms with Crippen LogP contribution in [0.5, 0.6) is 17.2 Å². The molecule has 0 saturated carbocycles. The lowest BCUT2D eigenvalue weighted by Crippen LogP contribution is -2.45. The summed E-state index contributed by atoms with van der Waals surface area (Å²) in [5.74, 6) is -0.0492. The largest absolute Gasteiger partial charge is 0.493 e. The van der Waals surface area contributed by atoms with E-state index < -0.39 is 17.3 Å². The van der Waals surface area contributed by atoms with Gasteiger partial charge in [0, 0.05) is 11.8 Å². The highest BCUT2D eigenvalue weighted by Gasteiger charge is 2.27. The van der Waals surface area contributed by atoms with Gasteiger partial charge in [0.15, 0.2) is 23.1 Å². The van der Waals surface area contributed by atoms with Crippen LogP contribution in [0.1, 0.15) is 20.8 Å². The molecule has 0 aromatic heterocycles. The zero-order valence-corrected chi connectivity index (χ0v) is 14.8. The molecule has 0 spiro atoms. The Morgan fingerprint density at radius 2 is 1.76 bits per heavy atom. The minimum Gasteiger partial charge on any atom is -0.493 e. The minimum absolute atomic E-state index is 0.0302. The fourth-order valence-corrected chi connectivity index (χ4v) is 2.10. The monoisotopic (exact) mass is 346 g/mol. The van der Waals surface area contributed by atoms with Crippen LogP contribution in [-0.2, 0) is 4.79 Å². The average molecular weight is 346 g/mol. The zero-order valence-electron chi connectivity index (χ0n) is 14.8. The second-order valence-corrected chi connectivity index (χ2v) is 6.73. The van der Waals surface area contributed by atoms with Crippen molar-refractivity contribution in [1.82, 2.24) is 0 Å². The predicted molar refractivity (Wildman–Crippen MR) is 95.5 cm³/mol. The number of benzene rings is 2. The smallest absolute Gasteiger partial charge is 0.241 e. The van der Waals surface area contributed by atoms with Gasteiger partial charge in [0.25, 0.3) is 0 Å². The van der Waals surface area contributed by atoms with Crippen molar-refractivity contribution in [2.75, 3.05) is 12.4 Å². The third-order valence-corrected chi connectivity index (χ3v) is 3.70. The molecule has 2 aromatic carbocycles. The van der Waals surface area contributed by atoms with Gasteiger partial charge in [0.1, 0.15) is 0 Å². The Labute approximate surface area is 146 Å².